The van der Waals surface area contributed by atoms with Crippen LogP contribution in [0.1, 0.15) is 25.8 Å². The van der Waals surface area contributed by atoms with E-state index in [9.17, 15) is 4.79 Å². The maximum atomic E-state index is 11.3. The molecule has 1 aromatic rings. The zero-order chi connectivity index (χ0) is 12.1. The molecular formula is C12H12ClNO2. The molecule has 0 saturated carbocycles. The SMILES string of the molecule is CCC(=O)C(C)Oc1ccc(C#N)cc1Cl. The van der Waals surface area contributed by atoms with Crippen molar-refractivity contribution in [2.75, 3.05) is 0 Å². The first-order valence-electron chi connectivity index (χ1n) is 4.97. The summed E-state index contributed by atoms with van der Waals surface area (Å²) in [5.74, 6) is 0.440. The third kappa shape index (κ3) is 2.98. The fourth-order valence-electron chi connectivity index (χ4n) is 1.21. The lowest BCUT2D eigenvalue weighted by Gasteiger charge is -2.13. The average Bonchev–Trinajstić information content (AvgIpc) is 2.30. The van der Waals surface area contributed by atoms with Crippen LogP contribution in [0.25, 0.3) is 0 Å². The highest BCUT2D eigenvalue weighted by Crippen LogP contribution is 2.26. The molecule has 84 valence electrons. The first kappa shape index (κ1) is 12.5. The first-order valence-corrected chi connectivity index (χ1v) is 5.35. The number of ether oxygens (including phenoxy) is 1. The number of Topliss-reactive ketones (excluding diaryl/α,β-unsaturated/α-hetero) is 1. The van der Waals surface area contributed by atoms with Crippen molar-refractivity contribution in [2.24, 2.45) is 0 Å². The summed E-state index contributed by atoms with van der Waals surface area (Å²) in [6.07, 6.45) is -0.0925. The molecule has 1 unspecified atom stereocenters. The van der Waals surface area contributed by atoms with Crippen LogP contribution in [0.5, 0.6) is 5.75 Å². The molecule has 0 fully saturated rings. The third-order valence-corrected chi connectivity index (χ3v) is 2.46. The monoisotopic (exact) mass is 237 g/mol. The van der Waals surface area contributed by atoms with Gasteiger partial charge in [0.15, 0.2) is 11.9 Å². The standard InChI is InChI=1S/C12H12ClNO2/c1-3-11(15)8(2)16-12-5-4-9(7-14)6-10(12)13/h4-6,8H,3H2,1-2H3. The minimum absolute atomic E-state index is 0.0143. The minimum atomic E-state index is -0.518. The number of benzene rings is 1. The van der Waals surface area contributed by atoms with Crippen LogP contribution < -0.4 is 4.74 Å². The summed E-state index contributed by atoms with van der Waals surface area (Å²) in [6.45, 7) is 3.46. The largest absolute Gasteiger partial charge is 0.481 e. The second-order valence-corrected chi connectivity index (χ2v) is 3.74. The summed E-state index contributed by atoms with van der Waals surface area (Å²) in [5, 5.41) is 9.00. The Labute approximate surface area is 99.6 Å². The highest BCUT2D eigenvalue weighted by Gasteiger charge is 2.14. The lowest BCUT2D eigenvalue weighted by atomic mass is 10.2. The zero-order valence-electron chi connectivity index (χ0n) is 9.16. The van der Waals surface area contributed by atoms with Crippen molar-refractivity contribution in [3.05, 3.63) is 28.8 Å². The predicted molar refractivity (Wildman–Crippen MR) is 61.6 cm³/mol. The van der Waals surface area contributed by atoms with Crippen molar-refractivity contribution in [1.82, 2.24) is 0 Å². The average molecular weight is 238 g/mol. The van der Waals surface area contributed by atoms with E-state index < -0.39 is 6.10 Å². The number of hydrogen-bond donors (Lipinski definition) is 0. The van der Waals surface area contributed by atoms with Gasteiger partial charge in [-0.05, 0) is 25.1 Å². The van der Waals surface area contributed by atoms with Gasteiger partial charge in [0.2, 0.25) is 0 Å². The van der Waals surface area contributed by atoms with Crippen molar-refractivity contribution >= 4 is 17.4 Å². The molecule has 0 amide bonds. The van der Waals surface area contributed by atoms with E-state index in [2.05, 4.69) is 0 Å². The molecule has 4 heteroatoms. The van der Waals surface area contributed by atoms with E-state index >= 15 is 0 Å². The molecule has 0 N–H and O–H groups in total. The number of nitrogens with zero attached hydrogens (tertiary/aromatic N) is 1. The fourth-order valence-corrected chi connectivity index (χ4v) is 1.43. The molecule has 0 aliphatic heterocycles. The Kier molecular flexibility index (Phi) is 4.33. The van der Waals surface area contributed by atoms with E-state index in [1.165, 1.54) is 6.07 Å². The molecule has 0 radical (unpaired) electrons. The van der Waals surface area contributed by atoms with E-state index in [4.69, 9.17) is 21.6 Å². The Bertz CT molecular complexity index is 437. The summed E-state index contributed by atoms with van der Waals surface area (Å²) in [6, 6.07) is 6.69. The Morgan fingerprint density at radius 1 is 1.62 bits per heavy atom. The van der Waals surface area contributed by atoms with Gasteiger partial charge in [0.05, 0.1) is 16.7 Å². The van der Waals surface area contributed by atoms with E-state index in [1.807, 2.05) is 6.07 Å². The van der Waals surface area contributed by atoms with Gasteiger partial charge in [-0.1, -0.05) is 18.5 Å². The van der Waals surface area contributed by atoms with Crippen LogP contribution in [0, 0.1) is 11.3 Å². The van der Waals surface area contributed by atoms with Crippen molar-refractivity contribution in [3.8, 4) is 11.8 Å². The van der Waals surface area contributed by atoms with Gasteiger partial charge in [-0.25, -0.2) is 0 Å². The highest BCUT2D eigenvalue weighted by atomic mass is 35.5. The van der Waals surface area contributed by atoms with Gasteiger partial charge in [0.25, 0.3) is 0 Å². The van der Waals surface area contributed by atoms with Crippen molar-refractivity contribution < 1.29 is 9.53 Å². The highest BCUT2D eigenvalue weighted by molar-refractivity contribution is 6.32. The Hall–Kier alpha value is -1.53. The molecule has 0 saturated heterocycles. The first-order chi connectivity index (χ1) is 7.58. The van der Waals surface area contributed by atoms with Crippen LogP contribution in [0.15, 0.2) is 18.2 Å². The summed E-state index contributed by atoms with van der Waals surface area (Å²) >= 11 is 5.91. The molecule has 0 aromatic heterocycles. The maximum Gasteiger partial charge on any atom is 0.172 e. The van der Waals surface area contributed by atoms with Crippen LogP contribution in [0.3, 0.4) is 0 Å². The molecule has 3 nitrogen and oxygen atoms in total. The van der Waals surface area contributed by atoms with Gasteiger partial charge in [-0.3, -0.25) is 4.79 Å². The Morgan fingerprint density at radius 2 is 2.31 bits per heavy atom. The molecule has 1 aromatic carbocycles. The molecule has 0 bridgehead atoms. The quantitative estimate of drug-likeness (QED) is 0.809. The predicted octanol–water partition coefficient (Wildman–Crippen LogP) is 2.96. The molecule has 0 spiro atoms. The number of ketones is 1. The number of carbonyl (C=O) groups is 1. The lowest BCUT2D eigenvalue weighted by molar-refractivity contribution is -0.124. The smallest absolute Gasteiger partial charge is 0.172 e. The fraction of sp³-hybridized carbons (Fsp3) is 0.333. The normalized spacial score (nSPS) is 11.6. The maximum absolute atomic E-state index is 11.3. The van der Waals surface area contributed by atoms with Crippen LogP contribution in [0.4, 0.5) is 0 Å². The van der Waals surface area contributed by atoms with Gasteiger partial charge >= 0.3 is 0 Å². The van der Waals surface area contributed by atoms with Gasteiger partial charge in [-0.2, -0.15) is 5.26 Å². The summed E-state index contributed by atoms with van der Waals surface area (Å²) in [4.78, 5) is 11.3. The molecular weight excluding hydrogens is 226 g/mol. The number of halogens is 1. The lowest BCUT2D eigenvalue weighted by Crippen LogP contribution is -2.22. The summed E-state index contributed by atoms with van der Waals surface area (Å²) in [7, 11) is 0. The van der Waals surface area contributed by atoms with Crippen LogP contribution in [-0.4, -0.2) is 11.9 Å². The van der Waals surface area contributed by atoms with E-state index in [1.54, 1.807) is 26.0 Å². The van der Waals surface area contributed by atoms with E-state index in [-0.39, 0.29) is 5.78 Å². The molecule has 1 atom stereocenters. The van der Waals surface area contributed by atoms with Gasteiger partial charge in [0, 0.05) is 6.42 Å². The number of hydrogen-bond acceptors (Lipinski definition) is 3. The third-order valence-electron chi connectivity index (χ3n) is 2.17. The number of nitriles is 1. The van der Waals surface area contributed by atoms with Gasteiger partial charge < -0.3 is 4.74 Å². The number of carbonyl (C=O) groups excluding carboxylic acids is 1. The van der Waals surface area contributed by atoms with Crippen LogP contribution in [-0.2, 0) is 4.79 Å². The Balaban J connectivity index is 2.83. The van der Waals surface area contributed by atoms with Crippen LogP contribution in [0.2, 0.25) is 5.02 Å². The van der Waals surface area contributed by atoms with Crippen molar-refractivity contribution in [3.63, 3.8) is 0 Å². The Morgan fingerprint density at radius 3 is 2.81 bits per heavy atom. The summed E-state index contributed by atoms with van der Waals surface area (Å²) in [5.41, 5.74) is 0.465. The summed E-state index contributed by atoms with van der Waals surface area (Å²) < 4.78 is 5.41. The minimum Gasteiger partial charge on any atom is -0.481 e. The zero-order valence-corrected chi connectivity index (χ0v) is 9.91. The molecule has 0 heterocycles. The van der Waals surface area contributed by atoms with E-state index in [0.29, 0.717) is 22.8 Å². The van der Waals surface area contributed by atoms with Crippen LogP contribution >= 0.6 is 11.6 Å². The molecule has 0 aliphatic rings. The second-order valence-electron chi connectivity index (χ2n) is 3.34. The van der Waals surface area contributed by atoms with Crippen molar-refractivity contribution in [1.29, 1.82) is 5.26 Å². The van der Waals surface area contributed by atoms with Gasteiger partial charge in [-0.15, -0.1) is 0 Å². The molecule has 0 aliphatic carbocycles. The topological polar surface area (TPSA) is 50.1 Å². The molecule has 1 rings (SSSR count). The molecule has 16 heavy (non-hydrogen) atoms. The second kappa shape index (κ2) is 5.53. The number of rotatable bonds is 4. The van der Waals surface area contributed by atoms with Crippen molar-refractivity contribution in [2.45, 2.75) is 26.4 Å². The van der Waals surface area contributed by atoms with Gasteiger partial charge in [0.1, 0.15) is 5.75 Å². The van der Waals surface area contributed by atoms with E-state index in [0.717, 1.165) is 0 Å².